The zero-order valence-corrected chi connectivity index (χ0v) is 12.5. The summed E-state index contributed by atoms with van der Waals surface area (Å²) in [6, 6.07) is 5.30. The highest BCUT2D eigenvalue weighted by molar-refractivity contribution is 7.14. The highest BCUT2D eigenvalue weighted by Crippen LogP contribution is 2.29. The minimum absolute atomic E-state index is 0.291. The monoisotopic (exact) mass is 312 g/mol. The molecule has 1 heterocycles. The molecule has 2 aromatic rings. The first kappa shape index (κ1) is 14.6. The molecule has 0 aliphatic heterocycles. The van der Waals surface area contributed by atoms with Crippen LogP contribution in [0.4, 0.5) is 10.8 Å². The van der Waals surface area contributed by atoms with Gasteiger partial charge in [0.05, 0.1) is 18.7 Å². The van der Waals surface area contributed by atoms with Crippen molar-refractivity contribution in [1.29, 1.82) is 0 Å². The number of nitrogens with one attached hydrogen (secondary N) is 1. The summed E-state index contributed by atoms with van der Waals surface area (Å²) in [5.41, 5.74) is 1.06. The number of hydrogen-bond acceptors (Lipinski definition) is 6. The van der Waals surface area contributed by atoms with Gasteiger partial charge in [-0.05, 0) is 25.1 Å². The van der Waals surface area contributed by atoms with Crippen molar-refractivity contribution in [3.05, 3.63) is 34.3 Å². The largest absolute Gasteiger partial charge is 0.495 e. The zero-order chi connectivity index (χ0) is 14.5. The van der Waals surface area contributed by atoms with Gasteiger partial charge in [-0.25, -0.2) is 9.78 Å². The third-order valence-corrected chi connectivity index (χ3v) is 3.44. The van der Waals surface area contributed by atoms with Crippen molar-refractivity contribution in [3.8, 4) is 5.75 Å². The third kappa shape index (κ3) is 3.40. The number of benzene rings is 1. The van der Waals surface area contributed by atoms with Gasteiger partial charge in [-0.15, -0.1) is 11.3 Å². The second kappa shape index (κ2) is 6.58. The van der Waals surface area contributed by atoms with Crippen LogP contribution in [0.2, 0.25) is 5.02 Å². The van der Waals surface area contributed by atoms with Crippen molar-refractivity contribution in [1.82, 2.24) is 4.98 Å². The molecule has 1 aromatic heterocycles. The molecule has 0 unspecified atom stereocenters. The lowest BCUT2D eigenvalue weighted by atomic mass is 10.3. The van der Waals surface area contributed by atoms with Crippen LogP contribution < -0.4 is 10.1 Å². The first-order valence-corrected chi connectivity index (χ1v) is 7.13. The van der Waals surface area contributed by atoms with Crippen molar-refractivity contribution >= 4 is 39.7 Å². The number of esters is 1. The molecule has 0 spiro atoms. The third-order valence-electron chi connectivity index (χ3n) is 2.39. The Morgan fingerprint density at radius 2 is 2.30 bits per heavy atom. The van der Waals surface area contributed by atoms with E-state index in [1.807, 2.05) is 6.07 Å². The molecular weight excluding hydrogens is 300 g/mol. The summed E-state index contributed by atoms with van der Waals surface area (Å²) in [4.78, 5) is 15.7. The van der Waals surface area contributed by atoms with Gasteiger partial charge in [-0.1, -0.05) is 11.6 Å². The predicted molar refractivity (Wildman–Crippen MR) is 79.4 cm³/mol. The van der Waals surface area contributed by atoms with Gasteiger partial charge < -0.3 is 14.8 Å². The van der Waals surface area contributed by atoms with E-state index >= 15 is 0 Å². The molecule has 0 fully saturated rings. The van der Waals surface area contributed by atoms with Crippen molar-refractivity contribution < 1.29 is 14.3 Å². The van der Waals surface area contributed by atoms with Crippen LogP contribution in [0.3, 0.4) is 0 Å². The summed E-state index contributed by atoms with van der Waals surface area (Å²) >= 11 is 7.35. The summed E-state index contributed by atoms with van der Waals surface area (Å²) in [5, 5.41) is 5.81. The van der Waals surface area contributed by atoms with Crippen LogP contribution in [0.1, 0.15) is 17.4 Å². The van der Waals surface area contributed by atoms with E-state index in [1.54, 1.807) is 31.5 Å². The van der Waals surface area contributed by atoms with Crippen LogP contribution in [-0.4, -0.2) is 24.7 Å². The van der Waals surface area contributed by atoms with E-state index in [9.17, 15) is 4.79 Å². The van der Waals surface area contributed by atoms with Crippen molar-refractivity contribution in [2.24, 2.45) is 0 Å². The van der Waals surface area contributed by atoms with Gasteiger partial charge in [-0.3, -0.25) is 0 Å². The topological polar surface area (TPSA) is 60.5 Å². The van der Waals surface area contributed by atoms with E-state index < -0.39 is 5.97 Å². The second-order valence-electron chi connectivity index (χ2n) is 3.73. The molecule has 0 bridgehead atoms. The van der Waals surface area contributed by atoms with Crippen LogP contribution in [0.5, 0.6) is 5.75 Å². The molecule has 0 radical (unpaired) electrons. The normalized spacial score (nSPS) is 10.2. The Morgan fingerprint density at radius 1 is 1.50 bits per heavy atom. The van der Waals surface area contributed by atoms with Crippen LogP contribution in [0.25, 0.3) is 0 Å². The predicted octanol–water partition coefficient (Wildman–Crippen LogP) is 3.73. The van der Waals surface area contributed by atoms with E-state index in [2.05, 4.69) is 10.3 Å². The first-order valence-electron chi connectivity index (χ1n) is 5.87. The molecule has 5 nitrogen and oxygen atoms in total. The number of halogens is 1. The number of ether oxygens (including phenoxy) is 2. The summed E-state index contributed by atoms with van der Waals surface area (Å²) in [5.74, 6) is 0.174. The zero-order valence-electron chi connectivity index (χ0n) is 11.0. The number of aromatic nitrogens is 1. The molecule has 1 aromatic carbocycles. The average molecular weight is 313 g/mol. The van der Waals surface area contributed by atoms with Crippen molar-refractivity contribution in [3.63, 3.8) is 0 Å². The number of thiazole rings is 1. The average Bonchev–Trinajstić information content (AvgIpc) is 2.88. The Balaban J connectivity index is 2.10. The number of rotatable bonds is 5. The van der Waals surface area contributed by atoms with Gasteiger partial charge in [0.25, 0.3) is 0 Å². The minimum atomic E-state index is -0.426. The molecule has 0 atom stereocenters. The number of anilines is 2. The smallest absolute Gasteiger partial charge is 0.357 e. The molecular formula is C13H13ClN2O3S. The number of methoxy groups -OCH3 is 1. The summed E-state index contributed by atoms with van der Waals surface area (Å²) in [6.45, 7) is 2.08. The highest BCUT2D eigenvalue weighted by Gasteiger charge is 2.12. The van der Waals surface area contributed by atoms with E-state index in [0.29, 0.717) is 28.2 Å². The van der Waals surface area contributed by atoms with Crippen LogP contribution >= 0.6 is 22.9 Å². The number of nitrogens with zero attached hydrogens (tertiary/aromatic N) is 1. The molecule has 20 heavy (non-hydrogen) atoms. The van der Waals surface area contributed by atoms with Crippen LogP contribution in [0, 0.1) is 0 Å². The molecule has 0 saturated heterocycles. The Hall–Kier alpha value is -1.79. The summed E-state index contributed by atoms with van der Waals surface area (Å²) in [7, 11) is 1.56. The molecule has 2 rings (SSSR count). The van der Waals surface area contributed by atoms with E-state index in [-0.39, 0.29) is 0 Å². The molecule has 0 aliphatic carbocycles. The number of carbonyl (C=O) groups excluding carboxylic acids is 1. The van der Waals surface area contributed by atoms with Gasteiger partial charge in [0.15, 0.2) is 10.8 Å². The Kier molecular flexibility index (Phi) is 4.81. The fourth-order valence-corrected chi connectivity index (χ4v) is 2.46. The molecule has 0 aliphatic rings. The Bertz CT molecular complexity index is 615. The molecule has 1 N–H and O–H groups in total. The maximum absolute atomic E-state index is 11.5. The quantitative estimate of drug-likeness (QED) is 0.852. The molecule has 106 valence electrons. The molecule has 0 amide bonds. The maximum Gasteiger partial charge on any atom is 0.357 e. The first-order chi connectivity index (χ1) is 9.63. The highest BCUT2D eigenvalue weighted by atomic mass is 35.5. The van der Waals surface area contributed by atoms with Crippen molar-refractivity contribution in [2.45, 2.75) is 6.92 Å². The second-order valence-corrected chi connectivity index (χ2v) is 5.00. The number of carbonyl (C=O) groups is 1. The fraction of sp³-hybridized carbons (Fsp3) is 0.231. The summed E-state index contributed by atoms with van der Waals surface area (Å²) in [6.07, 6.45) is 0. The molecule has 0 saturated carbocycles. The van der Waals surface area contributed by atoms with E-state index in [4.69, 9.17) is 21.1 Å². The maximum atomic E-state index is 11.5. The van der Waals surface area contributed by atoms with E-state index in [0.717, 1.165) is 5.69 Å². The number of hydrogen-bond donors (Lipinski definition) is 1. The van der Waals surface area contributed by atoms with Gasteiger partial charge in [0.2, 0.25) is 0 Å². The Morgan fingerprint density at radius 3 is 2.95 bits per heavy atom. The lowest BCUT2D eigenvalue weighted by molar-refractivity contribution is 0.0520. The SMILES string of the molecule is CCOC(=O)c1csc(Nc2ccc(OC)c(Cl)c2)n1. The lowest BCUT2D eigenvalue weighted by Gasteiger charge is -2.06. The van der Waals surface area contributed by atoms with Gasteiger partial charge in [0, 0.05) is 11.1 Å². The van der Waals surface area contributed by atoms with E-state index in [1.165, 1.54) is 11.3 Å². The van der Waals surface area contributed by atoms with Gasteiger partial charge in [-0.2, -0.15) is 0 Å². The lowest BCUT2D eigenvalue weighted by Crippen LogP contribution is -2.04. The Labute approximate surface area is 125 Å². The summed E-state index contributed by atoms with van der Waals surface area (Å²) < 4.78 is 9.96. The minimum Gasteiger partial charge on any atom is -0.495 e. The fourth-order valence-electron chi connectivity index (χ4n) is 1.50. The van der Waals surface area contributed by atoms with Gasteiger partial charge in [0.1, 0.15) is 5.75 Å². The molecule has 7 heteroatoms. The van der Waals surface area contributed by atoms with Crippen LogP contribution in [-0.2, 0) is 4.74 Å². The van der Waals surface area contributed by atoms with Crippen molar-refractivity contribution in [2.75, 3.05) is 19.0 Å². The van der Waals surface area contributed by atoms with Gasteiger partial charge >= 0.3 is 5.97 Å². The standard InChI is InChI=1S/C13H13ClN2O3S/c1-3-19-12(17)10-7-20-13(16-10)15-8-4-5-11(18-2)9(14)6-8/h4-7H,3H2,1-2H3,(H,15,16). The van der Waals surface area contributed by atoms with Crippen LogP contribution in [0.15, 0.2) is 23.6 Å².